The van der Waals surface area contributed by atoms with E-state index in [0.717, 1.165) is 13.1 Å². The first kappa shape index (κ1) is 18.5. The van der Waals surface area contributed by atoms with Crippen molar-refractivity contribution in [1.82, 2.24) is 10.1 Å². The van der Waals surface area contributed by atoms with Gasteiger partial charge in [-0.25, -0.2) is 4.79 Å². The van der Waals surface area contributed by atoms with E-state index in [9.17, 15) is 14.7 Å². The molecule has 26 heavy (non-hydrogen) atoms. The van der Waals surface area contributed by atoms with Gasteiger partial charge in [-0.3, -0.25) is 4.79 Å². The number of hydrogen-bond acceptors (Lipinski definition) is 6. The lowest BCUT2D eigenvalue weighted by molar-refractivity contribution is -0.140. The molecule has 1 atom stereocenters. The monoisotopic (exact) mass is 365 g/mol. The van der Waals surface area contributed by atoms with Crippen molar-refractivity contribution in [3.05, 3.63) is 11.8 Å². The van der Waals surface area contributed by atoms with E-state index in [4.69, 9.17) is 9.26 Å². The summed E-state index contributed by atoms with van der Waals surface area (Å²) < 4.78 is 10.7. The summed E-state index contributed by atoms with van der Waals surface area (Å²) in [6.07, 6.45) is -0.272. The minimum atomic E-state index is -0.908. The van der Waals surface area contributed by atoms with Crippen molar-refractivity contribution in [3.63, 3.8) is 0 Å². The Morgan fingerprint density at radius 1 is 1.27 bits per heavy atom. The number of likely N-dealkylation sites (tertiary alicyclic amines) is 1. The Kier molecular flexibility index (Phi) is 4.40. The molecule has 1 unspecified atom stereocenters. The van der Waals surface area contributed by atoms with Crippen LogP contribution >= 0.6 is 0 Å². The highest BCUT2D eigenvalue weighted by Crippen LogP contribution is 2.42. The summed E-state index contributed by atoms with van der Waals surface area (Å²) in [5, 5.41) is 13.4. The molecule has 0 aliphatic carbocycles. The summed E-state index contributed by atoms with van der Waals surface area (Å²) in [5.41, 5.74) is -0.403. The molecule has 8 heteroatoms. The Morgan fingerprint density at radius 2 is 1.88 bits per heavy atom. The summed E-state index contributed by atoms with van der Waals surface area (Å²) in [6.45, 7) is 12.2. The summed E-state index contributed by atoms with van der Waals surface area (Å²) >= 11 is 0. The van der Waals surface area contributed by atoms with E-state index in [0.29, 0.717) is 24.7 Å². The van der Waals surface area contributed by atoms with Crippen LogP contribution in [0.5, 0.6) is 0 Å². The molecule has 0 aromatic carbocycles. The topological polar surface area (TPSA) is 96.1 Å². The zero-order chi connectivity index (χ0) is 19.3. The fourth-order valence-corrected chi connectivity index (χ4v) is 3.65. The van der Waals surface area contributed by atoms with Crippen LogP contribution in [0.4, 0.5) is 10.6 Å². The van der Waals surface area contributed by atoms with Gasteiger partial charge in [-0.05, 0) is 26.7 Å². The Hall–Kier alpha value is -2.25. The SMILES string of the molecule is CC(C)C(C(=O)O)c1cc(N2CC3(CN(C(=O)OC(C)(C)C)C3)C2)no1. The van der Waals surface area contributed by atoms with E-state index in [1.54, 1.807) is 11.0 Å². The van der Waals surface area contributed by atoms with Gasteiger partial charge < -0.3 is 24.2 Å². The fourth-order valence-electron chi connectivity index (χ4n) is 3.65. The first-order valence-electron chi connectivity index (χ1n) is 8.92. The van der Waals surface area contributed by atoms with Crippen molar-refractivity contribution in [2.75, 3.05) is 31.1 Å². The smallest absolute Gasteiger partial charge is 0.410 e. The maximum Gasteiger partial charge on any atom is 0.410 e. The number of carbonyl (C=O) groups is 2. The lowest BCUT2D eigenvalue weighted by Gasteiger charge is -2.59. The van der Waals surface area contributed by atoms with Gasteiger partial charge in [-0.15, -0.1) is 0 Å². The third-order valence-electron chi connectivity index (χ3n) is 4.84. The number of anilines is 1. The maximum atomic E-state index is 12.0. The number of carboxylic acids is 1. The molecule has 0 radical (unpaired) electrons. The molecule has 1 aromatic heterocycles. The van der Waals surface area contributed by atoms with Gasteiger partial charge in [-0.2, -0.15) is 0 Å². The van der Waals surface area contributed by atoms with Crippen LogP contribution in [0.3, 0.4) is 0 Å². The molecule has 3 rings (SSSR count). The van der Waals surface area contributed by atoms with Gasteiger partial charge in [-0.1, -0.05) is 19.0 Å². The number of aromatic nitrogens is 1. The first-order valence-corrected chi connectivity index (χ1v) is 8.92. The third kappa shape index (κ3) is 3.50. The van der Waals surface area contributed by atoms with Crippen LogP contribution in [0.2, 0.25) is 0 Å². The number of aliphatic carboxylic acids is 1. The third-order valence-corrected chi connectivity index (χ3v) is 4.84. The first-order chi connectivity index (χ1) is 12.0. The van der Waals surface area contributed by atoms with Crippen molar-refractivity contribution in [1.29, 1.82) is 0 Å². The summed E-state index contributed by atoms with van der Waals surface area (Å²) in [4.78, 5) is 27.2. The number of hydrogen-bond donors (Lipinski definition) is 1. The maximum absolute atomic E-state index is 12.0. The minimum absolute atomic E-state index is 0.0787. The standard InChI is InChI=1S/C18H27N3O5/c1-11(2)14(15(22)23)12-6-13(19-26-12)20-7-18(8-20)9-21(10-18)16(24)25-17(3,4)5/h6,11,14H,7-10H2,1-5H3,(H,22,23). The molecule has 1 aromatic rings. The zero-order valence-corrected chi connectivity index (χ0v) is 16.0. The van der Waals surface area contributed by atoms with Crippen LogP contribution in [0.1, 0.15) is 46.3 Å². The van der Waals surface area contributed by atoms with Crippen LogP contribution in [0.25, 0.3) is 0 Å². The van der Waals surface area contributed by atoms with E-state index in [1.807, 2.05) is 34.6 Å². The molecule has 1 N–H and O–H groups in total. The number of carbonyl (C=O) groups excluding carboxylic acids is 1. The highest BCUT2D eigenvalue weighted by Gasteiger charge is 2.54. The molecule has 144 valence electrons. The Morgan fingerprint density at radius 3 is 2.38 bits per heavy atom. The van der Waals surface area contributed by atoms with E-state index < -0.39 is 17.5 Å². The zero-order valence-electron chi connectivity index (χ0n) is 16.0. The van der Waals surface area contributed by atoms with Gasteiger partial charge in [0.05, 0.1) is 0 Å². The van der Waals surface area contributed by atoms with Crippen LogP contribution in [-0.4, -0.2) is 59.0 Å². The molecule has 0 bridgehead atoms. The second-order valence-electron chi connectivity index (χ2n) is 8.84. The molecule has 1 amide bonds. The van der Waals surface area contributed by atoms with E-state index in [-0.39, 0.29) is 17.4 Å². The van der Waals surface area contributed by atoms with Gasteiger partial charge in [0.15, 0.2) is 11.6 Å². The summed E-state index contributed by atoms with van der Waals surface area (Å²) in [5.74, 6) is -0.640. The molecule has 2 aliphatic heterocycles. The Labute approximate surface area is 153 Å². The number of rotatable bonds is 4. The second-order valence-corrected chi connectivity index (χ2v) is 8.84. The van der Waals surface area contributed by atoms with Gasteiger partial charge >= 0.3 is 12.1 Å². The molecular weight excluding hydrogens is 338 g/mol. The minimum Gasteiger partial charge on any atom is -0.481 e. The normalized spacial score (nSPS) is 19.9. The number of amides is 1. The highest BCUT2D eigenvalue weighted by atomic mass is 16.6. The predicted molar refractivity (Wildman–Crippen MR) is 94.2 cm³/mol. The average Bonchev–Trinajstić information content (AvgIpc) is 2.81. The van der Waals surface area contributed by atoms with E-state index >= 15 is 0 Å². The quantitative estimate of drug-likeness (QED) is 0.876. The fraction of sp³-hybridized carbons (Fsp3) is 0.722. The van der Waals surface area contributed by atoms with Gasteiger partial charge in [0.1, 0.15) is 11.5 Å². The molecule has 2 fully saturated rings. The lowest BCUT2D eigenvalue weighted by Crippen LogP contribution is -2.73. The number of ether oxygens (including phenoxy) is 1. The number of nitrogens with zero attached hydrogens (tertiary/aromatic N) is 3. The second kappa shape index (κ2) is 6.17. The van der Waals surface area contributed by atoms with Crippen molar-refractivity contribution in [2.45, 2.75) is 46.1 Å². The molecule has 0 saturated carbocycles. The van der Waals surface area contributed by atoms with Crippen molar-refractivity contribution in [2.24, 2.45) is 11.3 Å². The summed E-state index contributed by atoms with van der Waals surface area (Å²) in [7, 11) is 0. The van der Waals surface area contributed by atoms with E-state index in [1.165, 1.54) is 0 Å². The molecule has 2 saturated heterocycles. The predicted octanol–water partition coefficient (Wildman–Crippen LogP) is 2.56. The van der Waals surface area contributed by atoms with Gasteiger partial charge in [0, 0.05) is 37.7 Å². The molecular formula is C18H27N3O5. The largest absolute Gasteiger partial charge is 0.481 e. The van der Waals surface area contributed by atoms with Crippen LogP contribution in [0, 0.1) is 11.3 Å². The van der Waals surface area contributed by atoms with Crippen LogP contribution in [-0.2, 0) is 9.53 Å². The van der Waals surface area contributed by atoms with Crippen LogP contribution in [0.15, 0.2) is 10.6 Å². The summed E-state index contributed by atoms with van der Waals surface area (Å²) in [6, 6.07) is 1.72. The van der Waals surface area contributed by atoms with E-state index in [2.05, 4.69) is 10.1 Å². The van der Waals surface area contributed by atoms with Crippen molar-refractivity contribution < 1.29 is 24.0 Å². The number of carboxylic acid groups (broad SMARTS) is 1. The molecule has 3 heterocycles. The Bertz CT molecular complexity index is 692. The van der Waals surface area contributed by atoms with Crippen molar-refractivity contribution in [3.8, 4) is 0 Å². The lowest BCUT2D eigenvalue weighted by atomic mass is 9.73. The molecule has 1 spiro atoms. The van der Waals surface area contributed by atoms with Crippen molar-refractivity contribution >= 4 is 17.9 Å². The van der Waals surface area contributed by atoms with Gasteiger partial charge in [0.2, 0.25) is 0 Å². The molecule has 2 aliphatic rings. The van der Waals surface area contributed by atoms with Gasteiger partial charge in [0.25, 0.3) is 0 Å². The average molecular weight is 365 g/mol. The highest BCUT2D eigenvalue weighted by molar-refractivity contribution is 5.76. The Balaban J connectivity index is 1.54. The molecule has 8 nitrogen and oxygen atoms in total. The van der Waals surface area contributed by atoms with Crippen LogP contribution < -0.4 is 4.90 Å².